The fourth-order valence-electron chi connectivity index (χ4n) is 5.29. The average molecular weight is 385 g/mol. The fourth-order valence-corrected chi connectivity index (χ4v) is 5.29. The van der Waals surface area contributed by atoms with Gasteiger partial charge in [0.25, 0.3) is 0 Å². The molecule has 0 aliphatic heterocycles. The van der Waals surface area contributed by atoms with Crippen LogP contribution in [0.5, 0.6) is 0 Å². The molecular formula is C30H24. The molecule has 0 amide bonds. The second-order valence-electron chi connectivity index (χ2n) is 9.13. The first-order valence-electron chi connectivity index (χ1n) is 10.7. The topological polar surface area (TPSA) is 0 Å². The molecule has 0 atom stereocenters. The first-order chi connectivity index (χ1) is 14.5. The van der Waals surface area contributed by atoms with E-state index in [2.05, 4.69) is 112 Å². The lowest BCUT2D eigenvalue weighted by molar-refractivity contribution is 0.660. The van der Waals surface area contributed by atoms with Crippen LogP contribution < -0.4 is 0 Å². The third kappa shape index (κ3) is 2.34. The van der Waals surface area contributed by atoms with Crippen molar-refractivity contribution in [3.63, 3.8) is 0 Å². The molecule has 0 aromatic heterocycles. The number of rotatable bonds is 1. The molecule has 0 fully saturated rings. The predicted molar refractivity (Wildman–Crippen MR) is 129 cm³/mol. The Kier molecular flexibility index (Phi) is 3.53. The minimum atomic E-state index is -0.00762. The van der Waals surface area contributed by atoms with Crippen molar-refractivity contribution in [3.05, 3.63) is 108 Å². The van der Waals surface area contributed by atoms with Crippen LogP contribution in [0, 0.1) is 6.92 Å². The molecule has 0 saturated heterocycles. The van der Waals surface area contributed by atoms with Crippen LogP contribution in [0.3, 0.4) is 0 Å². The van der Waals surface area contributed by atoms with Crippen LogP contribution in [0.4, 0.5) is 0 Å². The molecule has 144 valence electrons. The van der Waals surface area contributed by atoms with E-state index in [0.29, 0.717) is 0 Å². The molecule has 0 spiro atoms. The van der Waals surface area contributed by atoms with Crippen LogP contribution in [0.15, 0.2) is 91.0 Å². The summed E-state index contributed by atoms with van der Waals surface area (Å²) in [4.78, 5) is 0. The molecule has 0 saturated carbocycles. The Morgan fingerprint density at radius 1 is 0.567 bits per heavy atom. The minimum Gasteiger partial charge on any atom is -0.0616 e. The summed E-state index contributed by atoms with van der Waals surface area (Å²) in [6.07, 6.45) is 0. The van der Waals surface area contributed by atoms with Crippen molar-refractivity contribution >= 4 is 21.5 Å². The lowest BCUT2D eigenvalue weighted by Crippen LogP contribution is -2.15. The number of hydrogen-bond donors (Lipinski definition) is 0. The van der Waals surface area contributed by atoms with Gasteiger partial charge < -0.3 is 0 Å². The zero-order chi connectivity index (χ0) is 20.5. The van der Waals surface area contributed by atoms with E-state index < -0.39 is 0 Å². The summed E-state index contributed by atoms with van der Waals surface area (Å²) in [5, 5.41) is 5.26. The number of hydrogen-bond acceptors (Lipinski definition) is 0. The van der Waals surface area contributed by atoms with E-state index in [-0.39, 0.29) is 5.41 Å². The van der Waals surface area contributed by atoms with E-state index in [9.17, 15) is 0 Å². The van der Waals surface area contributed by atoms with E-state index >= 15 is 0 Å². The van der Waals surface area contributed by atoms with Gasteiger partial charge in [-0.3, -0.25) is 0 Å². The number of fused-ring (bicyclic) bond motifs is 6. The molecule has 0 heterocycles. The van der Waals surface area contributed by atoms with Crippen molar-refractivity contribution in [2.24, 2.45) is 0 Å². The molecule has 0 unspecified atom stereocenters. The van der Waals surface area contributed by atoms with Crippen LogP contribution in [0.1, 0.15) is 30.5 Å². The highest BCUT2D eigenvalue weighted by atomic mass is 14.4. The monoisotopic (exact) mass is 384 g/mol. The highest BCUT2D eigenvalue weighted by molar-refractivity contribution is 6.09. The van der Waals surface area contributed by atoms with E-state index in [1.165, 1.54) is 60.5 Å². The molecular weight excluding hydrogens is 360 g/mol. The normalized spacial score (nSPS) is 14.1. The van der Waals surface area contributed by atoms with E-state index in [0.717, 1.165) is 0 Å². The quantitative estimate of drug-likeness (QED) is 0.273. The maximum Gasteiger partial charge on any atom is 0.0159 e. The lowest BCUT2D eigenvalue weighted by atomic mass is 9.80. The van der Waals surface area contributed by atoms with Crippen LogP contribution in [0.25, 0.3) is 43.8 Å². The van der Waals surface area contributed by atoms with Crippen molar-refractivity contribution in [3.8, 4) is 22.3 Å². The van der Waals surface area contributed by atoms with Crippen LogP contribution in [0.2, 0.25) is 0 Å². The molecule has 6 rings (SSSR count). The third-order valence-corrected chi connectivity index (χ3v) is 6.90. The summed E-state index contributed by atoms with van der Waals surface area (Å²) >= 11 is 0. The van der Waals surface area contributed by atoms with Crippen LogP contribution in [-0.4, -0.2) is 0 Å². The van der Waals surface area contributed by atoms with Crippen LogP contribution in [-0.2, 0) is 5.41 Å². The highest BCUT2D eigenvalue weighted by Gasteiger charge is 2.37. The minimum absolute atomic E-state index is 0.00762. The van der Waals surface area contributed by atoms with Gasteiger partial charge in [0.15, 0.2) is 0 Å². The Hall–Kier alpha value is -3.38. The van der Waals surface area contributed by atoms with Crippen molar-refractivity contribution in [2.45, 2.75) is 26.2 Å². The molecule has 5 aromatic carbocycles. The maximum absolute atomic E-state index is 2.46. The molecule has 1 aliphatic rings. The third-order valence-electron chi connectivity index (χ3n) is 6.90. The van der Waals surface area contributed by atoms with Gasteiger partial charge in [-0.15, -0.1) is 0 Å². The highest BCUT2D eigenvalue weighted by Crippen LogP contribution is 2.53. The molecule has 30 heavy (non-hydrogen) atoms. The summed E-state index contributed by atoms with van der Waals surface area (Å²) in [6, 6.07) is 33.8. The largest absolute Gasteiger partial charge is 0.0616 e. The van der Waals surface area contributed by atoms with Gasteiger partial charge in [-0.25, -0.2) is 0 Å². The number of aryl methyl sites for hydroxylation is 1. The van der Waals surface area contributed by atoms with Gasteiger partial charge in [0.05, 0.1) is 0 Å². The smallest absolute Gasteiger partial charge is 0.0159 e. The van der Waals surface area contributed by atoms with Crippen molar-refractivity contribution in [2.75, 3.05) is 0 Å². The first-order valence-corrected chi connectivity index (χ1v) is 10.7. The molecule has 0 heteroatoms. The van der Waals surface area contributed by atoms with Gasteiger partial charge in [0.2, 0.25) is 0 Å². The van der Waals surface area contributed by atoms with E-state index in [1.807, 2.05) is 0 Å². The standard InChI is InChI=1S/C30H24/c1-19-12-15-25-27(16-19)30(2,3)28-18-26(23-10-6-7-11-24(23)29(25)28)22-14-13-20-8-4-5-9-21(20)17-22/h4-18H,1-3H3. The summed E-state index contributed by atoms with van der Waals surface area (Å²) in [5.74, 6) is 0. The zero-order valence-corrected chi connectivity index (χ0v) is 17.7. The summed E-state index contributed by atoms with van der Waals surface area (Å²) < 4.78 is 0. The molecule has 1 aliphatic carbocycles. The Balaban J connectivity index is 1.71. The van der Waals surface area contributed by atoms with E-state index in [4.69, 9.17) is 0 Å². The summed E-state index contributed by atoms with van der Waals surface area (Å²) in [5.41, 5.74) is 9.61. The Morgan fingerprint density at radius 3 is 2.13 bits per heavy atom. The van der Waals surface area contributed by atoms with Crippen molar-refractivity contribution in [1.29, 1.82) is 0 Å². The van der Waals surface area contributed by atoms with Crippen molar-refractivity contribution in [1.82, 2.24) is 0 Å². The van der Waals surface area contributed by atoms with Crippen molar-refractivity contribution < 1.29 is 0 Å². The zero-order valence-electron chi connectivity index (χ0n) is 17.7. The summed E-state index contributed by atoms with van der Waals surface area (Å²) in [6.45, 7) is 6.93. The molecule has 5 aromatic rings. The van der Waals surface area contributed by atoms with Gasteiger partial charge in [-0.05, 0) is 74.0 Å². The van der Waals surface area contributed by atoms with E-state index in [1.54, 1.807) is 0 Å². The Morgan fingerprint density at radius 2 is 1.30 bits per heavy atom. The van der Waals surface area contributed by atoms with Gasteiger partial charge >= 0.3 is 0 Å². The maximum atomic E-state index is 2.46. The predicted octanol–water partition coefficient (Wildman–Crippen LogP) is 8.27. The number of benzene rings is 5. The lowest BCUT2D eigenvalue weighted by Gasteiger charge is -2.23. The molecule has 0 nitrogen and oxygen atoms in total. The average Bonchev–Trinajstić information content (AvgIpc) is 2.99. The summed E-state index contributed by atoms with van der Waals surface area (Å²) in [7, 11) is 0. The molecule has 0 radical (unpaired) electrons. The second-order valence-corrected chi connectivity index (χ2v) is 9.13. The Bertz CT molecular complexity index is 1470. The van der Waals surface area contributed by atoms with Gasteiger partial charge in [-0.1, -0.05) is 98.3 Å². The second kappa shape index (κ2) is 6.06. The molecule has 0 bridgehead atoms. The van der Waals surface area contributed by atoms with Gasteiger partial charge in [-0.2, -0.15) is 0 Å². The first kappa shape index (κ1) is 17.5. The van der Waals surface area contributed by atoms with Gasteiger partial charge in [0.1, 0.15) is 0 Å². The fraction of sp³-hybridized carbons (Fsp3) is 0.133. The molecule has 0 N–H and O–H groups in total. The van der Waals surface area contributed by atoms with Crippen LogP contribution >= 0.6 is 0 Å². The Labute approximate surface area is 177 Å². The SMILES string of the molecule is Cc1ccc2c(c1)C(C)(C)c1cc(-c3ccc4ccccc4c3)c3ccccc3c1-2. The van der Waals surface area contributed by atoms with Gasteiger partial charge in [0, 0.05) is 5.41 Å².